The number of thioether (sulfide) groups is 1. The Balaban J connectivity index is 1.95. The Bertz CT molecular complexity index is 900. The Hall–Kier alpha value is -2.87. The van der Waals surface area contributed by atoms with Gasteiger partial charge in [0.1, 0.15) is 11.5 Å². The summed E-state index contributed by atoms with van der Waals surface area (Å²) < 4.78 is 5.67. The van der Waals surface area contributed by atoms with Crippen molar-refractivity contribution in [2.45, 2.75) is 6.92 Å². The molecule has 0 radical (unpaired) electrons. The Labute approximate surface area is 141 Å². The lowest BCUT2D eigenvalue weighted by molar-refractivity contribution is -0.384. The van der Waals surface area contributed by atoms with Crippen molar-refractivity contribution in [3.8, 4) is 11.3 Å². The van der Waals surface area contributed by atoms with E-state index in [1.807, 2.05) is 6.92 Å². The minimum absolute atomic E-state index is 0.0272. The number of likely N-dealkylation sites (N-methyl/N-ethyl adjacent to an activating group) is 1. The molecule has 8 heteroatoms. The van der Waals surface area contributed by atoms with E-state index < -0.39 is 4.92 Å². The van der Waals surface area contributed by atoms with Gasteiger partial charge in [0.15, 0.2) is 0 Å². The summed E-state index contributed by atoms with van der Waals surface area (Å²) in [5.41, 5.74) is 1.41. The molecule has 0 bridgehead atoms. The van der Waals surface area contributed by atoms with Crippen LogP contribution in [0.4, 0.5) is 10.5 Å². The summed E-state index contributed by atoms with van der Waals surface area (Å²) in [5.74, 6) is 0.475. The molecule has 2 heterocycles. The molecule has 7 nitrogen and oxygen atoms in total. The van der Waals surface area contributed by atoms with Gasteiger partial charge in [-0.25, -0.2) is 0 Å². The average molecular weight is 344 g/mol. The van der Waals surface area contributed by atoms with Crippen molar-refractivity contribution in [1.82, 2.24) is 4.90 Å². The van der Waals surface area contributed by atoms with Gasteiger partial charge in [-0.3, -0.25) is 24.6 Å². The molecular weight excluding hydrogens is 332 g/mol. The van der Waals surface area contributed by atoms with E-state index in [1.165, 1.54) is 25.3 Å². The van der Waals surface area contributed by atoms with Crippen LogP contribution >= 0.6 is 11.8 Å². The predicted octanol–water partition coefficient (Wildman–Crippen LogP) is 3.83. The summed E-state index contributed by atoms with van der Waals surface area (Å²) >= 11 is 0.840. The number of carbonyl (C=O) groups excluding carboxylic acids is 2. The number of nitro benzene ring substituents is 1. The molecule has 1 fully saturated rings. The smallest absolute Gasteiger partial charge is 0.293 e. The number of hydrogen-bond acceptors (Lipinski definition) is 6. The second kappa shape index (κ2) is 5.97. The van der Waals surface area contributed by atoms with Crippen LogP contribution in [0.15, 0.2) is 39.7 Å². The predicted molar refractivity (Wildman–Crippen MR) is 89.3 cm³/mol. The molecule has 1 saturated heterocycles. The topological polar surface area (TPSA) is 93.7 Å². The third-order valence-electron chi connectivity index (χ3n) is 3.58. The maximum atomic E-state index is 11.9. The molecule has 0 N–H and O–H groups in total. The monoisotopic (exact) mass is 344 g/mol. The summed E-state index contributed by atoms with van der Waals surface area (Å²) in [5, 5.41) is 10.6. The fourth-order valence-corrected chi connectivity index (χ4v) is 3.05. The van der Waals surface area contributed by atoms with Crippen LogP contribution in [0.3, 0.4) is 0 Å². The maximum absolute atomic E-state index is 11.9. The van der Waals surface area contributed by atoms with E-state index in [-0.39, 0.29) is 21.7 Å². The van der Waals surface area contributed by atoms with Crippen molar-refractivity contribution >= 4 is 34.7 Å². The quantitative estimate of drug-likeness (QED) is 0.477. The standard InChI is InChI=1S/C16H12N2O5S/c1-9-3-4-10(18(21)22)7-12(9)13-6-5-11(23-13)8-14-15(19)17(2)16(20)24-14/h3-8H,1-2H3/b14-8-. The van der Waals surface area contributed by atoms with Gasteiger partial charge in [-0.05, 0) is 36.4 Å². The second-order valence-electron chi connectivity index (χ2n) is 5.20. The number of carbonyl (C=O) groups is 2. The summed E-state index contributed by atoms with van der Waals surface area (Å²) in [6.07, 6.45) is 1.49. The van der Waals surface area contributed by atoms with Gasteiger partial charge in [0.05, 0.1) is 9.83 Å². The maximum Gasteiger partial charge on any atom is 0.293 e. The molecule has 2 amide bonds. The Morgan fingerprint density at radius 1 is 1.25 bits per heavy atom. The zero-order valence-corrected chi connectivity index (χ0v) is 13.6. The fourth-order valence-electron chi connectivity index (χ4n) is 2.24. The van der Waals surface area contributed by atoms with E-state index in [4.69, 9.17) is 4.42 Å². The van der Waals surface area contributed by atoms with Gasteiger partial charge in [-0.15, -0.1) is 0 Å². The van der Waals surface area contributed by atoms with E-state index in [9.17, 15) is 19.7 Å². The van der Waals surface area contributed by atoms with Crippen LogP contribution in [0.2, 0.25) is 0 Å². The molecule has 0 saturated carbocycles. The number of benzene rings is 1. The minimum atomic E-state index is -0.468. The first-order chi connectivity index (χ1) is 11.4. The van der Waals surface area contributed by atoms with E-state index in [2.05, 4.69) is 0 Å². The molecule has 24 heavy (non-hydrogen) atoms. The van der Waals surface area contributed by atoms with E-state index >= 15 is 0 Å². The lowest BCUT2D eigenvalue weighted by Gasteiger charge is -2.02. The highest BCUT2D eigenvalue weighted by Crippen LogP contribution is 2.33. The fraction of sp³-hybridized carbons (Fsp3) is 0.125. The van der Waals surface area contributed by atoms with Gasteiger partial charge in [-0.1, -0.05) is 6.07 Å². The van der Waals surface area contributed by atoms with E-state index in [0.717, 1.165) is 22.2 Å². The summed E-state index contributed by atoms with van der Waals surface area (Å²) in [6, 6.07) is 7.85. The second-order valence-corrected chi connectivity index (χ2v) is 6.19. The van der Waals surface area contributed by atoms with Crippen molar-refractivity contribution in [1.29, 1.82) is 0 Å². The van der Waals surface area contributed by atoms with Gasteiger partial charge in [0.2, 0.25) is 0 Å². The molecule has 0 unspecified atom stereocenters. The molecule has 1 aromatic heterocycles. The molecule has 0 atom stereocenters. The number of amides is 2. The zero-order valence-electron chi connectivity index (χ0n) is 12.8. The zero-order chi connectivity index (χ0) is 17.4. The van der Waals surface area contributed by atoms with E-state index in [0.29, 0.717) is 17.1 Å². The number of furan rings is 1. The normalized spacial score (nSPS) is 16.2. The number of non-ortho nitro benzene ring substituents is 1. The van der Waals surface area contributed by atoms with Crippen molar-refractivity contribution in [2.75, 3.05) is 7.05 Å². The summed E-state index contributed by atoms with van der Waals surface area (Å²) in [7, 11) is 1.42. The lowest BCUT2D eigenvalue weighted by Crippen LogP contribution is -2.22. The van der Waals surface area contributed by atoms with E-state index in [1.54, 1.807) is 18.2 Å². The lowest BCUT2D eigenvalue weighted by atomic mass is 10.1. The highest BCUT2D eigenvalue weighted by molar-refractivity contribution is 8.18. The van der Waals surface area contributed by atoms with Crippen LogP contribution in [-0.4, -0.2) is 28.0 Å². The van der Waals surface area contributed by atoms with Gasteiger partial charge in [-0.2, -0.15) is 0 Å². The van der Waals surface area contributed by atoms with Crippen molar-refractivity contribution in [2.24, 2.45) is 0 Å². The molecular formula is C16H12N2O5S. The van der Waals surface area contributed by atoms with Gasteiger partial charge in [0.25, 0.3) is 16.8 Å². The van der Waals surface area contributed by atoms with Crippen LogP contribution in [0.25, 0.3) is 17.4 Å². The van der Waals surface area contributed by atoms with Crippen molar-refractivity contribution < 1.29 is 18.9 Å². The number of hydrogen-bond donors (Lipinski definition) is 0. The van der Waals surface area contributed by atoms with Crippen LogP contribution in [0, 0.1) is 17.0 Å². The molecule has 0 aliphatic carbocycles. The van der Waals surface area contributed by atoms with Gasteiger partial charge in [0, 0.05) is 30.8 Å². The number of aryl methyl sites for hydroxylation is 1. The SMILES string of the molecule is Cc1ccc([N+](=O)[O-])cc1-c1ccc(/C=C2\SC(=O)N(C)C2=O)o1. The molecule has 0 spiro atoms. The van der Waals surface area contributed by atoms with Crippen LogP contribution < -0.4 is 0 Å². The molecule has 2 aromatic rings. The third kappa shape index (κ3) is 2.83. The van der Waals surface area contributed by atoms with Crippen molar-refractivity contribution in [3.05, 3.63) is 56.7 Å². The first-order valence-corrected chi connectivity index (χ1v) is 7.75. The van der Waals surface area contributed by atoms with Crippen molar-refractivity contribution in [3.63, 3.8) is 0 Å². The largest absolute Gasteiger partial charge is 0.457 e. The van der Waals surface area contributed by atoms with Gasteiger partial charge < -0.3 is 4.42 Å². The van der Waals surface area contributed by atoms with Gasteiger partial charge >= 0.3 is 0 Å². The first-order valence-electron chi connectivity index (χ1n) is 6.93. The summed E-state index contributed by atoms with van der Waals surface area (Å²) in [6.45, 7) is 1.82. The average Bonchev–Trinajstić information content (AvgIpc) is 3.09. The number of nitrogens with zero attached hydrogens (tertiary/aromatic N) is 2. The molecule has 1 aliphatic rings. The number of nitro groups is 1. The van der Waals surface area contributed by atoms with Crippen LogP contribution in [-0.2, 0) is 4.79 Å². The Morgan fingerprint density at radius 3 is 2.62 bits per heavy atom. The highest BCUT2D eigenvalue weighted by atomic mass is 32.2. The molecule has 1 aliphatic heterocycles. The molecule has 3 rings (SSSR count). The third-order valence-corrected chi connectivity index (χ3v) is 4.54. The Kier molecular flexibility index (Phi) is 3.98. The molecule has 1 aromatic carbocycles. The Morgan fingerprint density at radius 2 is 2.00 bits per heavy atom. The van der Waals surface area contributed by atoms with Crippen LogP contribution in [0.1, 0.15) is 11.3 Å². The summed E-state index contributed by atoms with van der Waals surface area (Å²) in [4.78, 5) is 35.1. The number of imide groups is 1. The first kappa shape index (κ1) is 16.0. The van der Waals surface area contributed by atoms with Crippen LogP contribution in [0.5, 0.6) is 0 Å². The minimum Gasteiger partial charge on any atom is -0.457 e. The number of rotatable bonds is 3. The highest BCUT2D eigenvalue weighted by Gasteiger charge is 2.32. The molecule has 122 valence electrons.